The Kier molecular flexibility index (Phi) is 8.73. The molecule has 5 rings (SSSR count). The molecule has 0 aliphatic carbocycles. The topological polar surface area (TPSA) is 87.8 Å². The van der Waals surface area contributed by atoms with Gasteiger partial charge in [-0.1, -0.05) is 25.2 Å². The van der Waals surface area contributed by atoms with Gasteiger partial charge in [-0.15, -0.1) is 11.3 Å². The van der Waals surface area contributed by atoms with Crippen LogP contribution in [0.3, 0.4) is 0 Å². The second-order valence-corrected chi connectivity index (χ2v) is 12.1. The Balaban J connectivity index is 1.42. The predicted molar refractivity (Wildman–Crippen MR) is 156 cm³/mol. The normalized spacial score (nSPS) is 22.4. The number of aliphatic hydroxyl groups is 2. The van der Waals surface area contributed by atoms with E-state index in [1.54, 1.807) is 17.0 Å². The van der Waals surface area contributed by atoms with Gasteiger partial charge in [-0.25, -0.2) is 4.98 Å². The Labute approximate surface area is 234 Å². The highest BCUT2D eigenvalue weighted by atomic mass is 32.1. The maximum atomic E-state index is 13.5. The minimum Gasteiger partial charge on any atom is -0.490 e. The van der Waals surface area contributed by atoms with E-state index in [1.807, 2.05) is 26.0 Å². The number of thiophene rings is 1. The number of fused-ring (bicyclic) bond motifs is 3. The summed E-state index contributed by atoms with van der Waals surface area (Å²) in [5.74, 6) is 6.68. The summed E-state index contributed by atoms with van der Waals surface area (Å²) in [5, 5.41) is 19.5. The highest BCUT2D eigenvalue weighted by Gasteiger charge is 2.39. The van der Waals surface area contributed by atoms with Crippen molar-refractivity contribution >= 4 is 21.6 Å². The molecule has 2 fully saturated rings. The molecular formula is C31H39N3O4S. The highest BCUT2D eigenvalue weighted by molar-refractivity contribution is 7.19. The molecule has 5 atom stereocenters. The Morgan fingerprint density at radius 1 is 1.18 bits per heavy atom. The van der Waals surface area contributed by atoms with Gasteiger partial charge in [-0.3, -0.25) is 9.36 Å². The van der Waals surface area contributed by atoms with Crippen molar-refractivity contribution in [2.24, 2.45) is 0 Å². The molecule has 3 aromatic rings. The third-order valence-corrected chi connectivity index (χ3v) is 9.20. The van der Waals surface area contributed by atoms with Crippen molar-refractivity contribution in [3.05, 3.63) is 51.4 Å². The van der Waals surface area contributed by atoms with Crippen LogP contribution < -0.4 is 10.3 Å². The van der Waals surface area contributed by atoms with Gasteiger partial charge in [0.1, 0.15) is 29.0 Å². The van der Waals surface area contributed by atoms with Crippen LogP contribution in [-0.4, -0.2) is 62.1 Å². The number of benzene rings is 1. The van der Waals surface area contributed by atoms with Crippen molar-refractivity contribution in [3.8, 4) is 23.3 Å². The molecule has 1 aromatic carbocycles. The molecule has 39 heavy (non-hydrogen) atoms. The summed E-state index contributed by atoms with van der Waals surface area (Å²) in [4.78, 5) is 21.2. The molecule has 2 aromatic heterocycles. The Bertz CT molecular complexity index is 1400. The van der Waals surface area contributed by atoms with E-state index in [4.69, 9.17) is 4.74 Å². The lowest BCUT2D eigenvalue weighted by Crippen LogP contribution is -2.43. The molecule has 0 amide bonds. The van der Waals surface area contributed by atoms with Crippen molar-refractivity contribution in [1.29, 1.82) is 0 Å². The molecule has 2 aliphatic heterocycles. The van der Waals surface area contributed by atoms with Crippen LogP contribution in [0.1, 0.15) is 75.7 Å². The SMILES string of the molecule is CCC(O)C#Cc1cc2ncn(-c3ccc(O[C@H]4C[C@H]5CC[C@@H](C4)N5C)c(CCCCC(C)O)c3)c(=O)c2s1. The predicted octanol–water partition coefficient (Wildman–Crippen LogP) is 4.67. The molecule has 7 nitrogen and oxygen atoms in total. The fourth-order valence-electron chi connectivity index (χ4n) is 5.83. The fourth-order valence-corrected chi connectivity index (χ4v) is 6.74. The molecule has 0 radical (unpaired) electrons. The number of aryl methyl sites for hydroxylation is 1. The molecule has 8 heteroatoms. The minimum atomic E-state index is -0.677. The number of hydrogen-bond donors (Lipinski definition) is 2. The summed E-state index contributed by atoms with van der Waals surface area (Å²) < 4.78 is 8.77. The number of unbranched alkanes of at least 4 members (excludes halogenated alkanes) is 1. The van der Waals surface area contributed by atoms with Gasteiger partial charge < -0.3 is 19.8 Å². The standard InChI is InChI=1S/C31H39N3O4S/c1-4-25(36)12-13-27-18-28-30(39-27)31(37)34(19-32-28)24-11-14-29(21(15-24)8-6-5-7-20(2)35)38-26-16-22-9-10-23(17-26)33(22)3/h11,14-15,18-20,22-23,25-26,35-36H,4-10,16-17H2,1-3H3/t20?,22-,23+,25?,26+. The van der Waals surface area contributed by atoms with Crippen molar-refractivity contribution in [3.63, 3.8) is 0 Å². The van der Waals surface area contributed by atoms with E-state index in [0.29, 0.717) is 28.7 Å². The number of aliphatic hydroxyl groups excluding tert-OH is 2. The lowest BCUT2D eigenvalue weighted by atomic mass is 9.99. The average Bonchev–Trinajstić information content (AvgIpc) is 3.42. The van der Waals surface area contributed by atoms with Gasteiger partial charge in [0.2, 0.25) is 0 Å². The number of aromatic nitrogens is 2. The van der Waals surface area contributed by atoms with Gasteiger partial charge in [0.05, 0.1) is 22.2 Å². The van der Waals surface area contributed by atoms with E-state index < -0.39 is 6.10 Å². The summed E-state index contributed by atoms with van der Waals surface area (Å²) >= 11 is 1.31. The van der Waals surface area contributed by atoms with E-state index in [2.05, 4.69) is 34.8 Å². The summed E-state index contributed by atoms with van der Waals surface area (Å²) in [6.07, 6.45) is 9.42. The van der Waals surface area contributed by atoms with Crippen LogP contribution in [0.5, 0.6) is 5.75 Å². The lowest BCUT2D eigenvalue weighted by Gasteiger charge is -2.36. The first-order chi connectivity index (χ1) is 18.8. The van der Waals surface area contributed by atoms with Crippen LogP contribution in [0.2, 0.25) is 0 Å². The van der Waals surface area contributed by atoms with Gasteiger partial charge in [-0.05, 0) is 95.2 Å². The van der Waals surface area contributed by atoms with Crippen LogP contribution >= 0.6 is 11.3 Å². The summed E-state index contributed by atoms with van der Waals surface area (Å²) in [5.41, 5.74) is 2.34. The first-order valence-electron chi connectivity index (χ1n) is 14.2. The molecule has 2 bridgehead atoms. The number of rotatable bonds is 9. The second-order valence-electron chi connectivity index (χ2n) is 11.1. The molecule has 2 saturated heterocycles. The zero-order chi connectivity index (χ0) is 27.5. The maximum Gasteiger partial charge on any atom is 0.275 e. The number of nitrogens with zero attached hydrogens (tertiary/aromatic N) is 3. The van der Waals surface area contributed by atoms with E-state index in [0.717, 1.165) is 60.4 Å². The average molecular weight is 550 g/mol. The van der Waals surface area contributed by atoms with Crippen molar-refractivity contribution in [1.82, 2.24) is 14.5 Å². The van der Waals surface area contributed by atoms with Crippen LogP contribution in [0.4, 0.5) is 0 Å². The summed E-state index contributed by atoms with van der Waals surface area (Å²) in [7, 11) is 2.24. The molecule has 2 aliphatic rings. The lowest BCUT2D eigenvalue weighted by molar-refractivity contribution is 0.0655. The van der Waals surface area contributed by atoms with E-state index in [-0.39, 0.29) is 17.8 Å². The van der Waals surface area contributed by atoms with Gasteiger partial charge >= 0.3 is 0 Å². The van der Waals surface area contributed by atoms with Crippen LogP contribution in [-0.2, 0) is 6.42 Å². The summed E-state index contributed by atoms with van der Waals surface area (Å²) in [6.45, 7) is 3.70. The highest BCUT2D eigenvalue weighted by Crippen LogP contribution is 2.37. The fraction of sp³-hybridized carbons (Fsp3) is 0.548. The van der Waals surface area contributed by atoms with E-state index in [9.17, 15) is 15.0 Å². The van der Waals surface area contributed by atoms with E-state index >= 15 is 0 Å². The largest absolute Gasteiger partial charge is 0.490 e. The van der Waals surface area contributed by atoms with Gasteiger partial charge in [0.15, 0.2) is 0 Å². The van der Waals surface area contributed by atoms with Crippen molar-refractivity contribution in [2.45, 2.75) is 102 Å². The summed E-state index contributed by atoms with van der Waals surface area (Å²) in [6, 6.07) is 9.02. The zero-order valence-corrected chi connectivity index (χ0v) is 23.9. The molecule has 4 heterocycles. The number of piperidine rings is 1. The van der Waals surface area contributed by atoms with Crippen molar-refractivity contribution in [2.75, 3.05) is 7.05 Å². The minimum absolute atomic E-state index is 0.130. The van der Waals surface area contributed by atoms with Crippen LogP contribution in [0, 0.1) is 11.8 Å². The molecule has 0 saturated carbocycles. The Morgan fingerprint density at radius 2 is 1.95 bits per heavy atom. The third kappa shape index (κ3) is 6.38. The molecular weight excluding hydrogens is 510 g/mol. The van der Waals surface area contributed by atoms with Crippen molar-refractivity contribution < 1.29 is 14.9 Å². The van der Waals surface area contributed by atoms with Crippen LogP contribution in [0.15, 0.2) is 35.4 Å². The first-order valence-corrected chi connectivity index (χ1v) is 15.0. The Morgan fingerprint density at radius 3 is 2.67 bits per heavy atom. The molecule has 2 N–H and O–H groups in total. The maximum absolute atomic E-state index is 13.5. The molecule has 2 unspecified atom stereocenters. The third-order valence-electron chi connectivity index (χ3n) is 8.18. The number of ether oxygens (including phenoxy) is 1. The first kappa shape index (κ1) is 27.9. The number of hydrogen-bond acceptors (Lipinski definition) is 7. The van der Waals surface area contributed by atoms with E-state index in [1.165, 1.54) is 24.2 Å². The van der Waals surface area contributed by atoms with Gasteiger partial charge in [-0.2, -0.15) is 0 Å². The van der Waals surface area contributed by atoms with Gasteiger partial charge in [0.25, 0.3) is 5.56 Å². The van der Waals surface area contributed by atoms with Crippen LogP contribution in [0.25, 0.3) is 15.9 Å². The molecule has 0 spiro atoms. The Hall–Kier alpha value is -2.70. The second kappa shape index (κ2) is 12.2. The smallest absolute Gasteiger partial charge is 0.275 e. The molecule has 208 valence electrons. The monoisotopic (exact) mass is 549 g/mol. The quantitative estimate of drug-likeness (QED) is 0.298. The van der Waals surface area contributed by atoms with Gasteiger partial charge in [0, 0.05) is 12.1 Å². The zero-order valence-electron chi connectivity index (χ0n) is 23.1.